The molecule has 0 aliphatic heterocycles. The molecule has 0 atom stereocenters. The Morgan fingerprint density at radius 2 is 1.08 bits per heavy atom. The number of hydrogen-bond acceptors (Lipinski definition) is 3. The van der Waals surface area contributed by atoms with Gasteiger partial charge < -0.3 is 13.3 Å². The maximum atomic E-state index is 5.22. The average Bonchev–Trinajstić information content (AvgIpc) is 2.10. The summed E-state index contributed by atoms with van der Waals surface area (Å²) in [5.41, 5.74) is 0. The Morgan fingerprint density at radius 3 is 1.25 bits per heavy atom. The summed E-state index contributed by atoms with van der Waals surface area (Å²) in [4.78, 5) is 0. The summed E-state index contributed by atoms with van der Waals surface area (Å²) in [5, 5.41) is 0. The van der Waals surface area contributed by atoms with Crippen LogP contribution in [0.1, 0.15) is 27.7 Å². The van der Waals surface area contributed by atoms with E-state index < -0.39 is 9.53 Å². The third-order valence-electron chi connectivity index (χ3n) is 0.908. The van der Waals surface area contributed by atoms with Crippen molar-refractivity contribution in [3.8, 4) is 0 Å². The fourth-order valence-electron chi connectivity index (χ4n) is 0.553. The molecule has 0 bridgehead atoms. The highest BCUT2D eigenvalue weighted by Gasteiger charge is 2.11. The maximum Gasteiger partial charge on any atom is 0.484 e. The van der Waals surface area contributed by atoms with Crippen LogP contribution < -0.4 is 0 Å². The van der Waals surface area contributed by atoms with E-state index in [0.717, 1.165) is 0 Å². The third kappa shape index (κ3) is 10.1. The van der Waals surface area contributed by atoms with Crippen LogP contribution in [0.15, 0.2) is 0 Å². The third-order valence-corrected chi connectivity index (χ3v) is 2.72. The van der Waals surface area contributed by atoms with E-state index in [9.17, 15) is 0 Å². The topological polar surface area (TPSA) is 27.7 Å². The Bertz CT molecular complexity index is 57.1. The van der Waals surface area contributed by atoms with Gasteiger partial charge in [0.15, 0.2) is 0 Å². The van der Waals surface area contributed by atoms with Crippen LogP contribution in [-0.4, -0.2) is 29.3 Å². The molecule has 0 saturated carbocycles. The summed E-state index contributed by atoms with van der Waals surface area (Å²) in [5.74, 6) is 0. The average molecular weight is 193 g/mol. The van der Waals surface area contributed by atoms with Crippen LogP contribution in [-0.2, 0) is 13.3 Å². The maximum absolute atomic E-state index is 5.22. The molecule has 0 fully saturated rings. The molecule has 0 aliphatic carbocycles. The molecule has 0 heterocycles. The molecule has 0 spiro atoms. The highest BCUT2D eigenvalue weighted by Crippen LogP contribution is 1.90. The second-order valence-corrected chi connectivity index (χ2v) is 3.23. The van der Waals surface area contributed by atoms with Gasteiger partial charge in [-0.1, -0.05) is 13.8 Å². The smallest absolute Gasteiger partial charge is 0.376 e. The van der Waals surface area contributed by atoms with E-state index in [0.29, 0.717) is 19.8 Å². The lowest BCUT2D eigenvalue weighted by atomic mass is 10.9. The van der Waals surface area contributed by atoms with Crippen LogP contribution in [0.5, 0.6) is 0 Å². The van der Waals surface area contributed by atoms with Crippen molar-refractivity contribution in [1.29, 1.82) is 0 Å². The van der Waals surface area contributed by atoms with Gasteiger partial charge in [-0.2, -0.15) is 0 Å². The van der Waals surface area contributed by atoms with Gasteiger partial charge in [0.25, 0.3) is 0 Å². The molecule has 1 radical (unpaired) electrons. The molecule has 0 rings (SSSR count). The molecule has 75 valence electrons. The first-order valence-corrected chi connectivity index (χ1v) is 5.82. The van der Waals surface area contributed by atoms with Crippen molar-refractivity contribution in [3.05, 3.63) is 6.92 Å². The van der Waals surface area contributed by atoms with E-state index in [4.69, 9.17) is 13.3 Å². The van der Waals surface area contributed by atoms with Crippen molar-refractivity contribution < 1.29 is 13.3 Å². The van der Waals surface area contributed by atoms with Crippen LogP contribution >= 0.6 is 0 Å². The highest BCUT2D eigenvalue weighted by atomic mass is 28.3. The molecule has 0 aromatic heterocycles. The second-order valence-electron chi connectivity index (χ2n) is 1.65. The zero-order valence-corrected chi connectivity index (χ0v) is 9.79. The predicted molar refractivity (Wildman–Crippen MR) is 53.1 cm³/mol. The Morgan fingerprint density at radius 1 is 0.833 bits per heavy atom. The van der Waals surface area contributed by atoms with Crippen molar-refractivity contribution in [2.75, 3.05) is 19.8 Å². The molecule has 0 aromatic carbocycles. The predicted octanol–water partition coefficient (Wildman–Crippen LogP) is 1.65. The summed E-state index contributed by atoms with van der Waals surface area (Å²) in [6, 6.07) is 0. The lowest BCUT2D eigenvalue weighted by Gasteiger charge is -2.12. The van der Waals surface area contributed by atoms with E-state index in [2.05, 4.69) is 6.92 Å². The van der Waals surface area contributed by atoms with Gasteiger partial charge in [-0.25, -0.2) is 0 Å². The Kier molecular flexibility index (Phi) is 16.6. The Balaban J connectivity index is 0. The highest BCUT2D eigenvalue weighted by molar-refractivity contribution is 6.36. The van der Waals surface area contributed by atoms with Crippen molar-refractivity contribution in [2.45, 2.75) is 27.7 Å². The van der Waals surface area contributed by atoms with Gasteiger partial charge in [-0.05, 0) is 20.8 Å². The van der Waals surface area contributed by atoms with Crippen LogP contribution in [0.4, 0.5) is 0 Å². The van der Waals surface area contributed by atoms with Crippen molar-refractivity contribution >= 4 is 9.53 Å². The summed E-state index contributed by atoms with van der Waals surface area (Å²) < 4.78 is 15.7. The van der Waals surface area contributed by atoms with Gasteiger partial charge >= 0.3 is 9.53 Å². The quantitative estimate of drug-likeness (QED) is 0.600. The lowest BCUT2D eigenvalue weighted by Crippen LogP contribution is -2.27. The molecule has 0 unspecified atom stereocenters. The summed E-state index contributed by atoms with van der Waals surface area (Å²) in [6.45, 7) is 12.9. The minimum atomic E-state index is -1.73. The first kappa shape index (κ1) is 14.6. The normalized spacial score (nSPS) is 9.50. The molecule has 0 aliphatic rings. The molecule has 12 heavy (non-hydrogen) atoms. The van der Waals surface area contributed by atoms with Crippen molar-refractivity contribution in [1.82, 2.24) is 0 Å². The molecule has 0 saturated heterocycles. The van der Waals surface area contributed by atoms with Gasteiger partial charge in [0, 0.05) is 19.8 Å². The van der Waals surface area contributed by atoms with Crippen LogP contribution in [0, 0.1) is 6.92 Å². The van der Waals surface area contributed by atoms with Gasteiger partial charge in [-0.15, -0.1) is 0 Å². The van der Waals surface area contributed by atoms with Gasteiger partial charge in [0.1, 0.15) is 0 Å². The van der Waals surface area contributed by atoms with Gasteiger partial charge in [0.05, 0.1) is 0 Å². The fourth-order valence-corrected chi connectivity index (χ4v) is 1.66. The monoisotopic (exact) mass is 193 g/mol. The zero-order valence-electron chi connectivity index (χ0n) is 8.63. The molecule has 0 amide bonds. The summed E-state index contributed by atoms with van der Waals surface area (Å²) in [7, 11) is -1.73. The fraction of sp³-hybridized carbons (Fsp3) is 0.875. The number of rotatable bonds is 6. The first-order valence-electron chi connectivity index (χ1n) is 4.40. The largest absolute Gasteiger partial charge is 0.484 e. The Hall–Kier alpha value is 0.0969. The molecule has 0 aromatic rings. The van der Waals surface area contributed by atoms with Crippen molar-refractivity contribution in [3.63, 3.8) is 0 Å². The van der Waals surface area contributed by atoms with E-state index >= 15 is 0 Å². The van der Waals surface area contributed by atoms with E-state index in [1.807, 2.05) is 20.8 Å². The van der Waals surface area contributed by atoms with Crippen LogP contribution in [0.3, 0.4) is 0 Å². The molecule has 4 heteroatoms. The summed E-state index contributed by atoms with van der Waals surface area (Å²) >= 11 is 0. The minimum Gasteiger partial charge on any atom is -0.376 e. The van der Waals surface area contributed by atoms with E-state index in [1.165, 1.54) is 0 Å². The van der Waals surface area contributed by atoms with Crippen molar-refractivity contribution in [2.24, 2.45) is 0 Å². The first-order chi connectivity index (χ1) is 5.85. The minimum absolute atomic E-state index is 0.677. The molecule has 3 nitrogen and oxygen atoms in total. The van der Waals surface area contributed by atoms with Crippen LogP contribution in [0.2, 0.25) is 0 Å². The van der Waals surface area contributed by atoms with Gasteiger partial charge in [-0.3, -0.25) is 0 Å². The summed E-state index contributed by atoms with van der Waals surface area (Å²) in [6.07, 6.45) is 0. The Labute approximate surface area is 78.0 Å². The standard InChI is InChI=1S/C6H16O3Si.C2H5/c1-4-7-10(8-5-2)9-6-3;1-2/h10H,4-6H2,1-3H3;1H2,2H3. The van der Waals surface area contributed by atoms with Gasteiger partial charge in [0.2, 0.25) is 0 Å². The molecular weight excluding hydrogens is 172 g/mol. The SMILES string of the molecule is CCO[SiH](OCC)OCC.[CH2]C. The van der Waals surface area contributed by atoms with Crippen LogP contribution in [0.25, 0.3) is 0 Å². The van der Waals surface area contributed by atoms with E-state index in [1.54, 1.807) is 6.92 Å². The molecular formula is C8H21O3Si. The zero-order chi connectivity index (χ0) is 9.82. The molecule has 0 N–H and O–H groups in total. The van der Waals surface area contributed by atoms with E-state index in [-0.39, 0.29) is 0 Å². The lowest BCUT2D eigenvalue weighted by molar-refractivity contribution is 0.107. The number of hydrogen-bond donors (Lipinski definition) is 0. The second kappa shape index (κ2) is 13.7.